The molecule has 6 nitrogen and oxygen atoms in total. The van der Waals surface area contributed by atoms with Gasteiger partial charge in [-0.2, -0.15) is 5.26 Å². The number of aromatic nitrogens is 3. The largest absolute Gasteiger partial charge is 0.343 e. The molecule has 104 valence electrons. The van der Waals surface area contributed by atoms with E-state index in [4.69, 9.17) is 5.73 Å². The molecule has 2 aromatic rings. The number of hydrogen-bond donors (Lipinski definition) is 2. The SMILES string of the molecule is Cn1c(SCCC(N)(C#N)c2ccccc2)n[nH]c1=O. The van der Waals surface area contributed by atoms with E-state index in [0.717, 1.165) is 5.56 Å². The smallest absolute Gasteiger partial charge is 0.310 e. The van der Waals surface area contributed by atoms with Crippen LogP contribution in [0.2, 0.25) is 0 Å². The molecule has 0 saturated carbocycles. The lowest BCUT2D eigenvalue weighted by molar-refractivity contribution is 0.559. The first-order chi connectivity index (χ1) is 9.57. The van der Waals surface area contributed by atoms with E-state index >= 15 is 0 Å². The quantitative estimate of drug-likeness (QED) is 0.799. The summed E-state index contributed by atoms with van der Waals surface area (Å²) < 4.78 is 1.43. The number of benzene rings is 1. The van der Waals surface area contributed by atoms with Crippen molar-refractivity contribution in [1.82, 2.24) is 14.8 Å². The van der Waals surface area contributed by atoms with E-state index in [0.29, 0.717) is 17.3 Å². The monoisotopic (exact) mass is 289 g/mol. The Morgan fingerprint density at radius 2 is 2.20 bits per heavy atom. The van der Waals surface area contributed by atoms with Crippen LogP contribution in [0.1, 0.15) is 12.0 Å². The lowest BCUT2D eigenvalue weighted by atomic mass is 9.90. The highest BCUT2D eigenvalue weighted by molar-refractivity contribution is 7.99. The summed E-state index contributed by atoms with van der Waals surface area (Å²) in [6.45, 7) is 0. The summed E-state index contributed by atoms with van der Waals surface area (Å²) in [6, 6.07) is 11.5. The number of nitrogens with two attached hydrogens (primary N) is 1. The van der Waals surface area contributed by atoms with Crippen molar-refractivity contribution >= 4 is 11.8 Å². The fourth-order valence-corrected chi connectivity index (χ4v) is 2.76. The van der Waals surface area contributed by atoms with E-state index < -0.39 is 5.54 Å². The van der Waals surface area contributed by atoms with Crippen molar-refractivity contribution < 1.29 is 0 Å². The zero-order valence-corrected chi connectivity index (χ0v) is 11.9. The maximum Gasteiger partial charge on any atom is 0.343 e. The molecule has 0 bridgehead atoms. The van der Waals surface area contributed by atoms with E-state index in [1.165, 1.54) is 16.3 Å². The molecule has 0 spiro atoms. The number of thioether (sulfide) groups is 1. The fraction of sp³-hybridized carbons (Fsp3) is 0.308. The van der Waals surface area contributed by atoms with Crippen LogP contribution in [-0.4, -0.2) is 20.5 Å². The van der Waals surface area contributed by atoms with E-state index in [2.05, 4.69) is 16.3 Å². The molecule has 0 radical (unpaired) electrons. The minimum Gasteiger partial charge on any atom is -0.310 e. The second kappa shape index (κ2) is 5.94. The van der Waals surface area contributed by atoms with Gasteiger partial charge in [0, 0.05) is 12.8 Å². The summed E-state index contributed by atoms with van der Waals surface area (Å²) in [7, 11) is 1.64. The number of H-pyrrole nitrogens is 1. The molecule has 1 atom stereocenters. The third-order valence-electron chi connectivity index (χ3n) is 3.05. The first-order valence-corrected chi connectivity index (χ1v) is 7.05. The molecule has 1 aromatic heterocycles. The van der Waals surface area contributed by atoms with Gasteiger partial charge in [0.2, 0.25) is 0 Å². The van der Waals surface area contributed by atoms with Gasteiger partial charge in [0.1, 0.15) is 5.54 Å². The molecule has 0 amide bonds. The Bertz CT molecular complexity index is 672. The Kier molecular flexibility index (Phi) is 4.27. The maximum absolute atomic E-state index is 11.2. The summed E-state index contributed by atoms with van der Waals surface area (Å²) in [5, 5.41) is 16.2. The first kappa shape index (κ1) is 14.4. The number of nitrogens with one attached hydrogen (secondary N) is 1. The first-order valence-electron chi connectivity index (χ1n) is 6.07. The summed E-state index contributed by atoms with van der Waals surface area (Å²) in [4.78, 5) is 11.2. The predicted molar refractivity (Wildman–Crippen MR) is 77.1 cm³/mol. The van der Waals surface area contributed by atoms with Crippen molar-refractivity contribution in [2.24, 2.45) is 12.8 Å². The average molecular weight is 289 g/mol. The van der Waals surface area contributed by atoms with Crippen molar-refractivity contribution in [2.75, 3.05) is 5.75 Å². The van der Waals surface area contributed by atoms with Crippen LogP contribution in [0.3, 0.4) is 0 Å². The van der Waals surface area contributed by atoms with Crippen LogP contribution < -0.4 is 11.4 Å². The van der Waals surface area contributed by atoms with Crippen LogP contribution in [0, 0.1) is 11.3 Å². The van der Waals surface area contributed by atoms with Crippen molar-refractivity contribution in [1.29, 1.82) is 5.26 Å². The van der Waals surface area contributed by atoms with Gasteiger partial charge in [-0.15, -0.1) is 5.10 Å². The molecule has 3 N–H and O–H groups in total. The molecule has 1 unspecified atom stereocenters. The van der Waals surface area contributed by atoms with E-state index in [1.54, 1.807) is 7.05 Å². The molecule has 0 aliphatic heterocycles. The molecule has 0 aliphatic rings. The number of rotatable bonds is 5. The molecular weight excluding hydrogens is 274 g/mol. The summed E-state index contributed by atoms with van der Waals surface area (Å²) in [5.74, 6) is 0.594. The van der Waals surface area contributed by atoms with Crippen LogP contribution >= 0.6 is 11.8 Å². The van der Waals surface area contributed by atoms with Gasteiger partial charge in [-0.3, -0.25) is 4.57 Å². The Morgan fingerprint density at radius 1 is 1.50 bits per heavy atom. The fourth-order valence-electron chi connectivity index (χ4n) is 1.77. The van der Waals surface area contributed by atoms with Gasteiger partial charge in [-0.05, 0) is 12.0 Å². The Hall–Kier alpha value is -2.04. The van der Waals surface area contributed by atoms with Crippen molar-refractivity contribution in [3.8, 4) is 6.07 Å². The second-order valence-corrected chi connectivity index (χ2v) is 5.48. The average Bonchev–Trinajstić information content (AvgIpc) is 2.80. The molecule has 0 saturated heterocycles. The van der Waals surface area contributed by atoms with Gasteiger partial charge in [-0.1, -0.05) is 42.1 Å². The van der Waals surface area contributed by atoms with Crippen LogP contribution in [0.5, 0.6) is 0 Å². The maximum atomic E-state index is 11.2. The molecule has 0 fully saturated rings. The molecule has 1 heterocycles. The number of nitrogens with zero attached hydrogens (tertiary/aromatic N) is 3. The minimum atomic E-state index is -1.02. The highest BCUT2D eigenvalue weighted by Gasteiger charge is 2.26. The standard InChI is InChI=1S/C13H15N5OS/c1-18-11(19)16-17-12(18)20-8-7-13(15,9-14)10-5-3-2-4-6-10/h2-6H,7-8,15H2,1H3,(H,16,19). The van der Waals surface area contributed by atoms with E-state index in [1.807, 2.05) is 30.3 Å². The van der Waals surface area contributed by atoms with Gasteiger partial charge >= 0.3 is 5.69 Å². The van der Waals surface area contributed by atoms with Gasteiger partial charge in [0.25, 0.3) is 0 Å². The summed E-state index contributed by atoms with van der Waals surface area (Å²) in [5.41, 5.74) is 5.67. The van der Waals surface area contributed by atoms with Crippen LogP contribution in [0.25, 0.3) is 0 Å². The lowest BCUT2D eigenvalue weighted by Crippen LogP contribution is -2.35. The lowest BCUT2D eigenvalue weighted by Gasteiger charge is -2.21. The van der Waals surface area contributed by atoms with Crippen molar-refractivity contribution in [3.05, 3.63) is 46.4 Å². The Balaban J connectivity index is 2.04. The number of hydrogen-bond acceptors (Lipinski definition) is 5. The van der Waals surface area contributed by atoms with Crippen LogP contribution in [0.15, 0.2) is 40.3 Å². The van der Waals surface area contributed by atoms with Gasteiger partial charge in [-0.25, -0.2) is 9.89 Å². The zero-order valence-electron chi connectivity index (χ0n) is 11.0. The van der Waals surface area contributed by atoms with E-state index in [9.17, 15) is 10.1 Å². The summed E-state index contributed by atoms with van der Waals surface area (Å²) in [6.07, 6.45) is 0.471. The van der Waals surface area contributed by atoms with Gasteiger partial charge < -0.3 is 5.73 Å². The number of aromatic amines is 1. The number of nitriles is 1. The normalized spacial score (nSPS) is 13.7. The van der Waals surface area contributed by atoms with Crippen molar-refractivity contribution in [3.63, 3.8) is 0 Å². The van der Waals surface area contributed by atoms with Crippen LogP contribution in [-0.2, 0) is 12.6 Å². The molecule has 0 aliphatic carbocycles. The highest BCUT2D eigenvalue weighted by Crippen LogP contribution is 2.25. The molecule has 2 rings (SSSR count). The van der Waals surface area contributed by atoms with Gasteiger partial charge in [0.05, 0.1) is 6.07 Å². The molecule has 20 heavy (non-hydrogen) atoms. The second-order valence-electron chi connectivity index (χ2n) is 4.42. The zero-order chi connectivity index (χ0) is 14.6. The van der Waals surface area contributed by atoms with Crippen molar-refractivity contribution in [2.45, 2.75) is 17.1 Å². The topological polar surface area (TPSA) is 100 Å². The molecule has 7 heteroatoms. The highest BCUT2D eigenvalue weighted by atomic mass is 32.2. The summed E-state index contributed by atoms with van der Waals surface area (Å²) >= 11 is 1.39. The van der Waals surface area contributed by atoms with Gasteiger partial charge in [0.15, 0.2) is 5.16 Å². The third kappa shape index (κ3) is 2.92. The third-order valence-corrected chi connectivity index (χ3v) is 4.09. The predicted octanol–water partition coefficient (Wildman–Crippen LogP) is 0.968. The molecular formula is C13H15N5OS. The molecule has 1 aromatic carbocycles. The van der Waals surface area contributed by atoms with E-state index in [-0.39, 0.29) is 5.69 Å². The van der Waals surface area contributed by atoms with Crippen LogP contribution in [0.4, 0.5) is 0 Å². The minimum absolute atomic E-state index is 0.255. The Morgan fingerprint density at radius 3 is 2.75 bits per heavy atom. The Labute approximate surface area is 120 Å².